The lowest BCUT2D eigenvalue weighted by atomic mass is 10.00. The van der Waals surface area contributed by atoms with Gasteiger partial charge in [0.2, 0.25) is 0 Å². The van der Waals surface area contributed by atoms with Gasteiger partial charge in [0.1, 0.15) is 5.52 Å². The zero-order chi connectivity index (χ0) is 20.8. The fraction of sp³-hybridized carbons (Fsp3) is 0.364. The average Bonchev–Trinajstić information content (AvgIpc) is 3.22. The second-order valence-electron chi connectivity index (χ2n) is 8.19. The van der Waals surface area contributed by atoms with E-state index < -0.39 is 0 Å². The van der Waals surface area contributed by atoms with Gasteiger partial charge in [-0.2, -0.15) is 5.10 Å². The van der Waals surface area contributed by atoms with Crippen molar-refractivity contribution in [2.24, 2.45) is 0 Å². The Balaban J connectivity index is 1.43. The number of fused-ring (bicyclic) bond motifs is 2. The summed E-state index contributed by atoms with van der Waals surface area (Å²) in [7, 11) is 0. The van der Waals surface area contributed by atoms with Gasteiger partial charge in [-0.1, -0.05) is 6.07 Å². The zero-order valence-electron chi connectivity index (χ0n) is 17.3. The summed E-state index contributed by atoms with van der Waals surface area (Å²) in [5.74, 6) is 0. The van der Waals surface area contributed by atoms with Crippen molar-refractivity contribution in [1.29, 1.82) is 0 Å². The summed E-state index contributed by atoms with van der Waals surface area (Å²) in [6.07, 6.45) is 5.19. The number of nitrogens with zero attached hydrogens (tertiary/aromatic N) is 5. The third-order valence-corrected chi connectivity index (χ3v) is 6.23. The van der Waals surface area contributed by atoms with Crippen LogP contribution >= 0.6 is 0 Å². The van der Waals surface area contributed by atoms with E-state index in [1.165, 1.54) is 5.56 Å². The molecule has 2 N–H and O–H groups in total. The lowest BCUT2D eigenvalue weighted by molar-refractivity contribution is 0.119. The van der Waals surface area contributed by atoms with Crippen molar-refractivity contribution in [3.63, 3.8) is 0 Å². The molecule has 1 saturated heterocycles. The summed E-state index contributed by atoms with van der Waals surface area (Å²) in [6.45, 7) is 8.40. The molecule has 1 aliphatic heterocycles. The Kier molecular flexibility index (Phi) is 4.51. The van der Waals surface area contributed by atoms with Gasteiger partial charge in [-0.15, -0.1) is 0 Å². The molecule has 8 heteroatoms. The molecule has 0 bridgehead atoms. The molecule has 1 aromatic carbocycles. The van der Waals surface area contributed by atoms with Gasteiger partial charge >= 0.3 is 0 Å². The molecule has 5 rings (SSSR count). The third kappa shape index (κ3) is 3.13. The maximum Gasteiger partial charge on any atom is 0.250 e. The van der Waals surface area contributed by atoms with Crippen LogP contribution in [-0.2, 0) is 0 Å². The smallest absolute Gasteiger partial charge is 0.250 e. The number of rotatable bonds is 3. The minimum absolute atomic E-state index is 0.105. The molecule has 0 radical (unpaired) electrons. The van der Waals surface area contributed by atoms with E-state index in [-0.39, 0.29) is 17.6 Å². The summed E-state index contributed by atoms with van der Waals surface area (Å²) in [5, 5.41) is 7.23. The Morgan fingerprint density at radius 1 is 1.07 bits per heavy atom. The Labute approximate surface area is 174 Å². The Morgan fingerprint density at radius 3 is 2.70 bits per heavy atom. The van der Waals surface area contributed by atoms with Crippen molar-refractivity contribution in [3.05, 3.63) is 58.8 Å². The van der Waals surface area contributed by atoms with Crippen LogP contribution in [0.1, 0.15) is 32.4 Å². The summed E-state index contributed by atoms with van der Waals surface area (Å²) < 4.78 is 0. The molecule has 30 heavy (non-hydrogen) atoms. The van der Waals surface area contributed by atoms with Gasteiger partial charge in [0.15, 0.2) is 0 Å². The first-order chi connectivity index (χ1) is 14.5. The van der Waals surface area contributed by atoms with E-state index in [1.807, 2.05) is 6.07 Å². The standard InChI is InChI=1S/C22H25N7O/c1-13-12-29(20-9-21(30)26-19-10-25-27-22(19)20)14(2)11-28(13)15(3)16-4-5-17-18(8-16)24-7-6-23-17/h4-10,13-15H,11-12H2,1-3H3,(H,25,27)(H,26,30)/t13-,14+,15?/m1/s1. The highest BCUT2D eigenvalue weighted by atomic mass is 16.1. The molecule has 1 fully saturated rings. The molecule has 154 valence electrons. The van der Waals surface area contributed by atoms with E-state index in [2.05, 4.69) is 67.9 Å². The van der Waals surface area contributed by atoms with Gasteiger partial charge < -0.3 is 9.88 Å². The number of benzene rings is 1. The highest BCUT2D eigenvalue weighted by Crippen LogP contribution is 2.32. The van der Waals surface area contributed by atoms with E-state index in [4.69, 9.17) is 0 Å². The lowest BCUT2D eigenvalue weighted by Crippen LogP contribution is -2.57. The fourth-order valence-corrected chi connectivity index (χ4v) is 4.62. The van der Waals surface area contributed by atoms with Gasteiger partial charge in [0.25, 0.3) is 5.56 Å². The zero-order valence-corrected chi connectivity index (χ0v) is 17.3. The van der Waals surface area contributed by atoms with E-state index in [1.54, 1.807) is 24.7 Å². The first-order valence-corrected chi connectivity index (χ1v) is 10.3. The van der Waals surface area contributed by atoms with E-state index in [9.17, 15) is 4.79 Å². The minimum atomic E-state index is -0.105. The Bertz CT molecular complexity index is 1260. The summed E-state index contributed by atoms with van der Waals surface area (Å²) >= 11 is 0. The molecule has 0 amide bonds. The maximum absolute atomic E-state index is 12.2. The largest absolute Gasteiger partial charge is 0.364 e. The maximum atomic E-state index is 12.2. The van der Waals surface area contributed by atoms with E-state index >= 15 is 0 Å². The number of H-pyrrole nitrogens is 2. The van der Waals surface area contributed by atoms with Crippen LogP contribution in [0.5, 0.6) is 0 Å². The molecule has 4 aromatic rings. The van der Waals surface area contributed by atoms with Crippen LogP contribution in [0.25, 0.3) is 22.1 Å². The minimum Gasteiger partial charge on any atom is -0.364 e. The highest BCUT2D eigenvalue weighted by Gasteiger charge is 2.33. The van der Waals surface area contributed by atoms with Gasteiger partial charge in [-0.3, -0.25) is 24.8 Å². The van der Waals surface area contributed by atoms with Gasteiger partial charge in [0.05, 0.1) is 22.2 Å². The van der Waals surface area contributed by atoms with E-state index in [0.717, 1.165) is 40.8 Å². The number of aromatic amines is 2. The second-order valence-corrected chi connectivity index (χ2v) is 8.19. The topological polar surface area (TPSA) is 93.8 Å². The SMILES string of the molecule is CC(c1ccc2nccnc2c1)N1C[C@H](C)N(c2cc(=O)[nH]c3c[nH]nc23)C[C@H]1C. The molecule has 1 aliphatic rings. The van der Waals surface area contributed by atoms with Gasteiger partial charge in [-0.05, 0) is 38.5 Å². The first kappa shape index (κ1) is 18.7. The van der Waals surface area contributed by atoms with Crippen LogP contribution < -0.4 is 10.5 Å². The van der Waals surface area contributed by atoms with Gasteiger partial charge in [-0.25, -0.2) is 0 Å². The molecule has 3 atom stereocenters. The highest BCUT2D eigenvalue weighted by molar-refractivity contribution is 5.87. The van der Waals surface area contributed by atoms with Crippen molar-refractivity contribution >= 4 is 27.8 Å². The molecule has 0 spiro atoms. The van der Waals surface area contributed by atoms with Crippen molar-refractivity contribution in [1.82, 2.24) is 30.0 Å². The van der Waals surface area contributed by atoms with Crippen molar-refractivity contribution in [2.45, 2.75) is 38.9 Å². The van der Waals surface area contributed by atoms with Crippen LogP contribution in [0.4, 0.5) is 5.69 Å². The summed E-state index contributed by atoms with van der Waals surface area (Å²) in [4.78, 5) is 28.6. The van der Waals surface area contributed by atoms with Crippen molar-refractivity contribution in [3.8, 4) is 0 Å². The quantitative estimate of drug-likeness (QED) is 0.546. The fourth-order valence-electron chi connectivity index (χ4n) is 4.62. The van der Waals surface area contributed by atoms with Gasteiger partial charge in [0, 0.05) is 55.9 Å². The third-order valence-electron chi connectivity index (χ3n) is 6.23. The van der Waals surface area contributed by atoms with Crippen LogP contribution in [0.3, 0.4) is 0 Å². The predicted molar refractivity (Wildman–Crippen MR) is 118 cm³/mol. The monoisotopic (exact) mass is 403 g/mol. The number of hydrogen-bond donors (Lipinski definition) is 2. The number of hydrogen-bond acceptors (Lipinski definition) is 6. The lowest BCUT2D eigenvalue weighted by Gasteiger charge is -2.47. The molecule has 8 nitrogen and oxygen atoms in total. The normalized spacial score (nSPS) is 21.4. The van der Waals surface area contributed by atoms with Crippen LogP contribution in [0.15, 0.2) is 47.7 Å². The van der Waals surface area contributed by atoms with Crippen LogP contribution in [0, 0.1) is 0 Å². The number of anilines is 1. The van der Waals surface area contributed by atoms with E-state index in [0.29, 0.717) is 6.04 Å². The molecular weight excluding hydrogens is 378 g/mol. The summed E-state index contributed by atoms with van der Waals surface area (Å²) in [6, 6.07) is 8.79. The summed E-state index contributed by atoms with van der Waals surface area (Å²) in [5.41, 5.74) is 5.41. The first-order valence-electron chi connectivity index (χ1n) is 10.3. The second kappa shape index (κ2) is 7.21. The number of piperazine rings is 1. The number of aromatic nitrogens is 5. The molecular formula is C22H25N7O. The Morgan fingerprint density at radius 2 is 1.87 bits per heavy atom. The van der Waals surface area contributed by atoms with Crippen molar-refractivity contribution in [2.75, 3.05) is 18.0 Å². The Hall–Kier alpha value is -3.26. The predicted octanol–water partition coefficient (Wildman–Crippen LogP) is 2.85. The molecule has 0 aliphatic carbocycles. The average molecular weight is 403 g/mol. The molecule has 0 saturated carbocycles. The number of pyridine rings is 1. The van der Waals surface area contributed by atoms with Crippen LogP contribution in [0.2, 0.25) is 0 Å². The van der Waals surface area contributed by atoms with Crippen molar-refractivity contribution < 1.29 is 0 Å². The number of nitrogens with one attached hydrogen (secondary N) is 2. The van der Waals surface area contributed by atoms with Crippen LogP contribution in [-0.4, -0.2) is 55.2 Å². The molecule has 1 unspecified atom stereocenters. The molecule has 3 aromatic heterocycles. The molecule has 4 heterocycles.